The molecule has 0 saturated carbocycles. The van der Waals surface area contributed by atoms with Gasteiger partial charge >= 0.3 is 0 Å². The van der Waals surface area contributed by atoms with Crippen LogP contribution in [0.5, 0.6) is 5.75 Å². The number of likely N-dealkylation sites (N-methyl/N-ethyl adjacent to an activating group) is 1. The Morgan fingerprint density at radius 1 is 1.60 bits per heavy atom. The van der Waals surface area contributed by atoms with Gasteiger partial charge in [-0.25, -0.2) is 4.39 Å². The maximum Gasteiger partial charge on any atom is 0.242 e. The Kier molecular flexibility index (Phi) is 3.91. The molecule has 0 aliphatic carbocycles. The minimum absolute atomic E-state index is 0.125. The molecule has 1 amide bonds. The molecule has 1 aromatic carbocycles. The summed E-state index contributed by atoms with van der Waals surface area (Å²) in [5, 5.41) is 1.49. The summed E-state index contributed by atoms with van der Waals surface area (Å²) < 4.78 is 18.0. The van der Waals surface area contributed by atoms with E-state index in [4.69, 9.17) is 16.3 Å². The minimum atomic E-state index is -0.893. The summed E-state index contributed by atoms with van der Waals surface area (Å²) in [4.78, 5) is 11.2. The van der Waals surface area contributed by atoms with Crippen molar-refractivity contribution in [3.8, 4) is 5.75 Å². The summed E-state index contributed by atoms with van der Waals surface area (Å²) in [5.74, 6) is -0.787. The number of benzene rings is 1. The second-order valence-corrected chi connectivity index (χ2v) is 3.31. The first-order chi connectivity index (χ1) is 7.10. The normalized spacial score (nSPS) is 12.0. The van der Waals surface area contributed by atoms with Crippen LogP contribution in [0.25, 0.3) is 0 Å². The molecule has 15 heavy (non-hydrogen) atoms. The topological polar surface area (TPSA) is 38.3 Å². The Hall–Kier alpha value is -1.29. The van der Waals surface area contributed by atoms with Crippen molar-refractivity contribution in [1.82, 2.24) is 5.32 Å². The lowest BCUT2D eigenvalue weighted by Gasteiger charge is -2.09. The Morgan fingerprint density at radius 2 is 2.27 bits per heavy atom. The number of ether oxygens (including phenoxy) is 1. The molecule has 1 unspecified atom stereocenters. The summed E-state index contributed by atoms with van der Waals surface area (Å²) in [7, 11) is 2.84. The number of amides is 1. The van der Waals surface area contributed by atoms with Crippen LogP contribution < -0.4 is 10.1 Å². The third kappa shape index (κ3) is 2.59. The number of methoxy groups -OCH3 is 1. The van der Waals surface area contributed by atoms with Crippen LogP contribution in [0.2, 0.25) is 0 Å². The molecule has 1 N–H and O–H groups in total. The van der Waals surface area contributed by atoms with Gasteiger partial charge in [0.25, 0.3) is 0 Å². The van der Waals surface area contributed by atoms with Crippen LogP contribution in [0, 0.1) is 5.82 Å². The number of halogens is 2. The summed E-state index contributed by atoms with van der Waals surface area (Å²) in [6.07, 6.45) is 0. The van der Waals surface area contributed by atoms with Crippen LogP contribution in [0.3, 0.4) is 0 Å². The molecule has 1 rings (SSSR count). The van der Waals surface area contributed by atoms with Crippen molar-refractivity contribution in [2.45, 2.75) is 5.38 Å². The van der Waals surface area contributed by atoms with E-state index in [0.29, 0.717) is 5.56 Å². The fourth-order valence-electron chi connectivity index (χ4n) is 1.12. The summed E-state index contributed by atoms with van der Waals surface area (Å²) >= 11 is 5.80. The monoisotopic (exact) mass is 231 g/mol. The van der Waals surface area contributed by atoms with E-state index in [1.54, 1.807) is 6.07 Å². The lowest BCUT2D eigenvalue weighted by molar-refractivity contribution is -0.120. The van der Waals surface area contributed by atoms with Crippen molar-refractivity contribution in [1.29, 1.82) is 0 Å². The van der Waals surface area contributed by atoms with Gasteiger partial charge in [0.05, 0.1) is 7.11 Å². The van der Waals surface area contributed by atoms with Gasteiger partial charge in [-0.15, -0.1) is 11.6 Å². The van der Waals surface area contributed by atoms with E-state index in [1.807, 2.05) is 0 Å². The van der Waals surface area contributed by atoms with Gasteiger partial charge in [0.15, 0.2) is 11.6 Å². The van der Waals surface area contributed by atoms with Gasteiger partial charge in [0.2, 0.25) is 5.91 Å². The van der Waals surface area contributed by atoms with Crippen LogP contribution in [0.15, 0.2) is 18.2 Å². The molecular weight excluding hydrogens is 221 g/mol. The zero-order valence-corrected chi connectivity index (χ0v) is 9.14. The molecule has 1 atom stereocenters. The average Bonchev–Trinajstić information content (AvgIpc) is 2.26. The lowest BCUT2D eigenvalue weighted by Crippen LogP contribution is -2.22. The molecule has 0 spiro atoms. The fourth-order valence-corrected chi connectivity index (χ4v) is 1.36. The third-order valence-electron chi connectivity index (χ3n) is 1.95. The average molecular weight is 232 g/mol. The number of rotatable bonds is 3. The zero-order valence-electron chi connectivity index (χ0n) is 8.38. The second kappa shape index (κ2) is 4.98. The molecule has 0 aliphatic heterocycles. The van der Waals surface area contributed by atoms with E-state index < -0.39 is 11.2 Å². The van der Waals surface area contributed by atoms with Crippen molar-refractivity contribution >= 4 is 17.5 Å². The van der Waals surface area contributed by atoms with E-state index in [1.165, 1.54) is 26.3 Å². The Bertz CT molecular complexity index is 370. The van der Waals surface area contributed by atoms with Gasteiger partial charge in [0.1, 0.15) is 5.38 Å². The smallest absolute Gasteiger partial charge is 0.242 e. The zero-order chi connectivity index (χ0) is 11.4. The van der Waals surface area contributed by atoms with E-state index >= 15 is 0 Å². The molecule has 0 aliphatic rings. The van der Waals surface area contributed by atoms with Crippen molar-refractivity contribution in [2.24, 2.45) is 0 Å². The van der Waals surface area contributed by atoms with E-state index in [0.717, 1.165) is 0 Å². The first-order valence-corrected chi connectivity index (χ1v) is 4.73. The summed E-state index contributed by atoms with van der Waals surface area (Å²) in [5.41, 5.74) is 0.398. The quantitative estimate of drug-likeness (QED) is 0.807. The first kappa shape index (κ1) is 11.8. The molecule has 1 aromatic rings. The molecule has 0 heterocycles. The third-order valence-corrected chi connectivity index (χ3v) is 2.40. The van der Waals surface area contributed by atoms with Crippen LogP contribution >= 0.6 is 11.6 Å². The Labute approximate surface area is 92.2 Å². The highest BCUT2D eigenvalue weighted by Crippen LogP contribution is 2.25. The lowest BCUT2D eigenvalue weighted by atomic mass is 10.1. The molecule has 0 radical (unpaired) electrons. The summed E-state index contributed by atoms with van der Waals surface area (Å²) in [6, 6.07) is 4.17. The van der Waals surface area contributed by atoms with Crippen LogP contribution in [-0.4, -0.2) is 20.1 Å². The van der Waals surface area contributed by atoms with Crippen LogP contribution in [-0.2, 0) is 4.79 Å². The number of hydrogen-bond donors (Lipinski definition) is 1. The van der Waals surface area contributed by atoms with Gasteiger partial charge in [-0.05, 0) is 17.7 Å². The maximum absolute atomic E-state index is 13.3. The standard InChI is InChI=1S/C10H11ClFNO2/c1-13-10(14)9(11)6-3-4-8(15-2)7(12)5-6/h3-5,9H,1-2H3,(H,13,14). The molecule has 0 fully saturated rings. The molecule has 0 saturated heterocycles. The van der Waals surface area contributed by atoms with E-state index in [2.05, 4.69) is 5.32 Å². The molecule has 0 bridgehead atoms. The molecule has 3 nitrogen and oxygen atoms in total. The second-order valence-electron chi connectivity index (χ2n) is 2.87. The van der Waals surface area contributed by atoms with Crippen molar-refractivity contribution in [2.75, 3.05) is 14.2 Å². The van der Waals surface area contributed by atoms with Crippen molar-refractivity contribution < 1.29 is 13.9 Å². The van der Waals surface area contributed by atoms with Gasteiger partial charge < -0.3 is 10.1 Å². The van der Waals surface area contributed by atoms with Crippen molar-refractivity contribution in [3.63, 3.8) is 0 Å². The van der Waals surface area contributed by atoms with E-state index in [9.17, 15) is 9.18 Å². The predicted molar refractivity (Wildman–Crippen MR) is 55.6 cm³/mol. The number of alkyl halides is 1. The Balaban J connectivity index is 2.97. The van der Waals surface area contributed by atoms with E-state index in [-0.39, 0.29) is 11.7 Å². The summed E-state index contributed by atoms with van der Waals surface area (Å²) in [6.45, 7) is 0. The van der Waals surface area contributed by atoms with Gasteiger partial charge in [-0.2, -0.15) is 0 Å². The Morgan fingerprint density at radius 3 is 2.73 bits per heavy atom. The number of hydrogen-bond acceptors (Lipinski definition) is 2. The maximum atomic E-state index is 13.3. The SMILES string of the molecule is CNC(=O)C(Cl)c1ccc(OC)c(F)c1. The molecule has 5 heteroatoms. The van der Waals surface area contributed by atoms with Crippen LogP contribution in [0.1, 0.15) is 10.9 Å². The van der Waals surface area contributed by atoms with Crippen LogP contribution in [0.4, 0.5) is 4.39 Å². The first-order valence-electron chi connectivity index (χ1n) is 4.29. The number of nitrogens with one attached hydrogen (secondary N) is 1. The number of carbonyl (C=O) groups is 1. The highest BCUT2D eigenvalue weighted by atomic mass is 35.5. The van der Waals surface area contributed by atoms with Gasteiger partial charge in [-0.1, -0.05) is 6.07 Å². The minimum Gasteiger partial charge on any atom is -0.494 e. The molecule has 82 valence electrons. The highest BCUT2D eigenvalue weighted by Gasteiger charge is 2.17. The fraction of sp³-hybridized carbons (Fsp3) is 0.300. The van der Waals surface area contributed by atoms with Gasteiger partial charge in [-0.3, -0.25) is 4.79 Å². The molecule has 0 aromatic heterocycles. The van der Waals surface area contributed by atoms with Crippen molar-refractivity contribution in [3.05, 3.63) is 29.6 Å². The largest absolute Gasteiger partial charge is 0.494 e. The van der Waals surface area contributed by atoms with Gasteiger partial charge in [0, 0.05) is 7.05 Å². The highest BCUT2D eigenvalue weighted by molar-refractivity contribution is 6.30. The predicted octanol–water partition coefficient (Wildman–Crippen LogP) is 1.86. The molecular formula is C10H11ClFNO2. The number of carbonyl (C=O) groups excluding carboxylic acids is 1.